The van der Waals surface area contributed by atoms with Gasteiger partial charge in [0.25, 0.3) is 0 Å². The zero-order valence-electron chi connectivity index (χ0n) is 30.4. The summed E-state index contributed by atoms with van der Waals surface area (Å²) in [5.74, 6) is 0.671. The number of para-hydroxylation sites is 1. The standard InChI is InChI=1S/C40H13Cl11N8O.Zn/c1-10-6-5-7-11(2)31(10)60-32-25(46)19-18(24(45)30(32)51)36-54-34-13-9-4-3-8-12(13)33(52-34)53-35-14-15(21(42)27(48)26(47)20(14)41)37(55-35)57-38-16-17(39(58-38)59-40(19)56-36)23(44)29(50)28(49)22(16)43;/h3-9H,1-2H3;/q-2;+2. The van der Waals surface area contributed by atoms with Crippen molar-refractivity contribution in [3.8, 4) is 57.1 Å². The maximum Gasteiger partial charge on any atom is 2.00 e. The van der Waals surface area contributed by atoms with Gasteiger partial charge in [-0.3, -0.25) is 0 Å². The van der Waals surface area contributed by atoms with E-state index >= 15 is 0 Å². The molecule has 0 N–H and O–H groups in total. The van der Waals surface area contributed by atoms with Crippen LogP contribution in [0.1, 0.15) is 11.1 Å². The Morgan fingerprint density at radius 1 is 0.377 bits per heavy atom. The van der Waals surface area contributed by atoms with Crippen LogP contribution in [0.25, 0.3) is 89.7 Å². The predicted octanol–water partition coefficient (Wildman–Crippen LogP) is 15.7. The molecule has 0 unspecified atom stereocenters. The van der Waals surface area contributed by atoms with Crippen LogP contribution in [0.5, 0.6) is 11.5 Å². The fraction of sp³-hybridized carbons (Fsp3) is 0.0500. The minimum absolute atomic E-state index is 0. The SMILES string of the molecule is Cc1cccc(C)c1Oc1c(Cl)c(Cl)c2c(c1Cl)-c1nc-2nc2[n-]c(nc3nc(nc4[n-]c(n1)c1c(Cl)c(Cl)c(Cl)c(Cl)c41)-c1c(Cl)c(Cl)c(Cl)c(Cl)c1-3)c1ccccc21.[Zn+2]. The van der Waals surface area contributed by atoms with Crippen molar-refractivity contribution in [2.75, 3.05) is 0 Å². The van der Waals surface area contributed by atoms with Gasteiger partial charge in [0.2, 0.25) is 0 Å². The zero-order valence-corrected chi connectivity index (χ0v) is 41.7. The van der Waals surface area contributed by atoms with Crippen molar-refractivity contribution < 1.29 is 24.2 Å². The summed E-state index contributed by atoms with van der Waals surface area (Å²) in [6.07, 6.45) is 0. The van der Waals surface area contributed by atoms with Crippen molar-refractivity contribution in [2.24, 2.45) is 0 Å². The fourth-order valence-corrected chi connectivity index (χ4v) is 10.00. The van der Waals surface area contributed by atoms with Gasteiger partial charge in [0.05, 0.1) is 73.5 Å². The Morgan fingerprint density at radius 3 is 1.18 bits per heavy atom. The van der Waals surface area contributed by atoms with Crippen molar-refractivity contribution >= 4 is 172 Å². The Morgan fingerprint density at radius 2 is 0.738 bits per heavy atom. The molecular weight excluding hydrogens is 1060 g/mol. The van der Waals surface area contributed by atoms with Crippen molar-refractivity contribution in [3.63, 3.8) is 0 Å². The van der Waals surface area contributed by atoms with Crippen LogP contribution >= 0.6 is 128 Å². The van der Waals surface area contributed by atoms with Gasteiger partial charge in [0.1, 0.15) is 10.8 Å². The topological polar surface area (TPSA) is 115 Å². The number of rotatable bonds is 2. The van der Waals surface area contributed by atoms with E-state index in [0.717, 1.165) is 11.1 Å². The molecule has 21 heteroatoms. The number of hydrogen-bond acceptors (Lipinski definition) is 7. The normalized spacial score (nSPS) is 11.9. The summed E-state index contributed by atoms with van der Waals surface area (Å²) in [4.78, 5) is 38.8. The Balaban J connectivity index is 0.00000476. The van der Waals surface area contributed by atoms with Crippen LogP contribution in [-0.2, 0) is 19.5 Å². The van der Waals surface area contributed by atoms with Crippen LogP contribution in [0.2, 0.25) is 55.2 Å². The van der Waals surface area contributed by atoms with E-state index < -0.39 is 0 Å². The second-order valence-electron chi connectivity index (χ2n) is 13.4. The van der Waals surface area contributed by atoms with E-state index in [-0.39, 0.29) is 159 Å². The van der Waals surface area contributed by atoms with Gasteiger partial charge in [0, 0.05) is 55.6 Å². The molecule has 0 atom stereocenters. The van der Waals surface area contributed by atoms with Crippen LogP contribution in [-0.4, -0.2) is 29.9 Å². The third-order valence-electron chi connectivity index (χ3n) is 9.87. The maximum absolute atomic E-state index is 7.28. The van der Waals surface area contributed by atoms with Gasteiger partial charge >= 0.3 is 19.5 Å². The minimum Gasteiger partial charge on any atom is -0.454 e. The van der Waals surface area contributed by atoms with Crippen molar-refractivity contribution in [3.05, 3.63) is 109 Å². The number of hydrogen-bond donors (Lipinski definition) is 0. The van der Waals surface area contributed by atoms with Gasteiger partial charge in [-0.05, 0) is 35.7 Å². The molecule has 0 fully saturated rings. The Bertz CT molecular complexity index is 3470. The first-order valence-electron chi connectivity index (χ1n) is 17.1. The van der Waals surface area contributed by atoms with E-state index in [9.17, 15) is 0 Å². The van der Waals surface area contributed by atoms with E-state index in [1.54, 1.807) is 0 Å². The molecule has 61 heavy (non-hydrogen) atoms. The quantitative estimate of drug-likeness (QED) is 0.0948. The predicted molar refractivity (Wildman–Crippen MR) is 245 cm³/mol. The third kappa shape index (κ3) is 6.59. The number of aryl methyl sites for hydroxylation is 2. The third-order valence-corrected chi connectivity index (χ3v) is 14.7. The molecule has 3 aromatic heterocycles. The number of fused-ring (bicyclic) bond motifs is 20. The number of ether oxygens (including phenoxy) is 1. The summed E-state index contributed by atoms with van der Waals surface area (Å²) in [6.45, 7) is 3.78. The monoisotopic (exact) mass is 1070 g/mol. The molecular formula is C40H13Cl11N8OZn. The van der Waals surface area contributed by atoms with E-state index in [0.29, 0.717) is 16.5 Å². The summed E-state index contributed by atoms with van der Waals surface area (Å²) in [5.41, 5.74) is 2.88. The van der Waals surface area contributed by atoms with Crippen molar-refractivity contribution in [1.29, 1.82) is 0 Å². The zero-order chi connectivity index (χ0) is 42.2. The van der Waals surface area contributed by atoms with Gasteiger partial charge in [0.15, 0.2) is 5.75 Å². The average Bonchev–Trinajstić information content (AvgIpc) is 3.97. The number of nitrogens with zero attached hydrogens (tertiary/aromatic N) is 8. The van der Waals surface area contributed by atoms with E-state index in [1.807, 2.05) is 56.3 Å². The molecule has 0 spiro atoms. The Kier molecular flexibility index (Phi) is 11.3. The van der Waals surface area contributed by atoms with Crippen LogP contribution in [0.15, 0.2) is 42.5 Å². The van der Waals surface area contributed by atoms with Crippen molar-refractivity contribution in [1.82, 2.24) is 39.9 Å². The average molecular weight is 1080 g/mol. The van der Waals surface area contributed by atoms with Gasteiger partial charge in [-0.15, -0.1) is 0 Å². The first-order valence-corrected chi connectivity index (χ1v) is 21.3. The minimum atomic E-state index is -0.0655. The molecule has 2 aliphatic rings. The van der Waals surface area contributed by atoms with E-state index in [4.69, 9.17) is 172 Å². The number of benzene rings is 5. The Labute approximate surface area is 411 Å². The van der Waals surface area contributed by atoms with E-state index in [1.165, 1.54) is 0 Å². The largest absolute Gasteiger partial charge is 2.00 e. The van der Waals surface area contributed by atoms with Gasteiger partial charge in [-0.2, -0.15) is 0 Å². The number of halogens is 11. The molecule has 298 valence electrons. The Hall–Kier alpha value is -2.93. The van der Waals surface area contributed by atoms with Gasteiger partial charge < -0.3 is 34.6 Å². The molecule has 0 aliphatic carbocycles. The molecule has 5 aromatic carbocycles. The molecule has 0 saturated heterocycles. The molecule has 0 saturated carbocycles. The summed E-state index contributed by atoms with van der Waals surface area (Å²) in [5, 5.41) is 1.33. The van der Waals surface area contributed by atoms with Crippen LogP contribution in [0.3, 0.4) is 0 Å². The molecule has 9 nitrogen and oxygen atoms in total. The molecule has 10 rings (SSSR count). The van der Waals surface area contributed by atoms with Crippen LogP contribution in [0.4, 0.5) is 0 Å². The second-order valence-corrected chi connectivity index (χ2v) is 17.5. The van der Waals surface area contributed by atoms with Gasteiger partial charge in [-0.1, -0.05) is 170 Å². The second kappa shape index (κ2) is 15.9. The molecule has 8 bridgehead atoms. The van der Waals surface area contributed by atoms with E-state index in [2.05, 4.69) is 0 Å². The number of aromatic nitrogens is 8. The molecule has 2 aliphatic heterocycles. The summed E-state index contributed by atoms with van der Waals surface area (Å²) < 4.78 is 6.44. The first-order chi connectivity index (χ1) is 28.7. The van der Waals surface area contributed by atoms with Gasteiger partial charge in [-0.25, -0.2) is 9.97 Å². The summed E-state index contributed by atoms with van der Waals surface area (Å²) in [6, 6.07) is 13.0. The summed E-state index contributed by atoms with van der Waals surface area (Å²) in [7, 11) is 0. The summed E-state index contributed by atoms with van der Waals surface area (Å²) >= 11 is 75.5. The van der Waals surface area contributed by atoms with Crippen molar-refractivity contribution in [2.45, 2.75) is 13.8 Å². The van der Waals surface area contributed by atoms with Crippen LogP contribution < -0.4 is 14.7 Å². The fourth-order valence-electron chi connectivity index (χ4n) is 7.10. The molecule has 0 radical (unpaired) electrons. The molecule has 0 amide bonds. The molecule has 5 heterocycles. The first kappa shape index (κ1) is 43.3. The smallest absolute Gasteiger partial charge is 0.454 e. The maximum atomic E-state index is 7.28. The molecule has 8 aromatic rings. The van der Waals surface area contributed by atoms with Crippen LogP contribution in [0, 0.1) is 13.8 Å².